The minimum atomic E-state index is -3.86. The molecule has 0 aliphatic rings. The number of rotatable bonds is 7. The molecule has 7 nitrogen and oxygen atoms in total. The quantitative estimate of drug-likeness (QED) is 0.535. The number of nitrogens with zero attached hydrogens (tertiary/aromatic N) is 2. The highest BCUT2D eigenvalue weighted by Crippen LogP contribution is 2.24. The lowest BCUT2D eigenvalue weighted by Gasteiger charge is -2.32. The molecule has 0 saturated carbocycles. The molecule has 120 valence electrons. The topological polar surface area (TPSA) is 84.0 Å². The zero-order chi connectivity index (χ0) is 16.3. The van der Waals surface area contributed by atoms with Gasteiger partial charge >= 0.3 is 0 Å². The number of benzene rings is 1. The van der Waals surface area contributed by atoms with Crippen molar-refractivity contribution in [2.75, 3.05) is 36.5 Å². The van der Waals surface area contributed by atoms with Crippen molar-refractivity contribution in [3.63, 3.8) is 0 Å². The normalized spacial score (nSPS) is 12.4. The summed E-state index contributed by atoms with van der Waals surface area (Å²) in [6, 6.07) is 5.97. The van der Waals surface area contributed by atoms with Gasteiger partial charge in [0.2, 0.25) is 20.0 Å². The van der Waals surface area contributed by atoms with E-state index in [9.17, 15) is 16.8 Å². The Morgan fingerprint density at radius 2 is 1.57 bits per heavy atom. The van der Waals surface area contributed by atoms with Crippen LogP contribution in [-0.2, 0) is 20.0 Å². The first-order valence-electron chi connectivity index (χ1n) is 5.79. The van der Waals surface area contributed by atoms with E-state index in [0.29, 0.717) is 10.2 Å². The molecule has 0 bridgehead atoms. The Hall–Kier alpha value is -1.03. The van der Waals surface area contributed by atoms with Gasteiger partial charge in [-0.05, 0) is 24.3 Å². The molecule has 0 aliphatic carbocycles. The first kappa shape index (κ1) is 18.0. The lowest BCUT2D eigenvalue weighted by atomic mass is 10.3. The average Bonchev–Trinajstić information content (AvgIpc) is 2.36. The summed E-state index contributed by atoms with van der Waals surface area (Å²) in [6.45, 7) is -0.167. The van der Waals surface area contributed by atoms with Crippen molar-refractivity contribution < 1.29 is 21.6 Å². The third-order valence-electron chi connectivity index (χ3n) is 2.47. The van der Waals surface area contributed by atoms with Crippen LogP contribution in [0.4, 0.5) is 5.69 Å². The fraction of sp³-hybridized carbons (Fsp3) is 0.455. The van der Waals surface area contributed by atoms with Crippen molar-refractivity contribution in [1.29, 1.82) is 0 Å². The Labute approximate surface area is 130 Å². The number of methoxy groups -OCH3 is 1. The van der Waals surface area contributed by atoms with Crippen LogP contribution in [0.3, 0.4) is 0 Å². The van der Waals surface area contributed by atoms with E-state index in [0.717, 1.165) is 16.9 Å². The molecule has 0 fully saturated rings. The number of hydrogen-bond donors (Lipinski definition) is 0. The molecule has 10 heteroatoms. The standard InChI is InChI=1S/C11H17ClN2O5S2/c1-19-11-6-4-10(5-7-11)14(21(3,17)18)13(9-8-12)20(2,15)16/h4-7H,8-9H2,1-3H3. The van der Waals surface area contributed by atoms with Gasteiger partial charge in [0.05, 0.1) is 25.3 Å². The second-order valence-corrected chi connectivity index (χ2v) is 8.28. The third-order valence-corrected chi connectivity index (χ3v) is 4.89. The van der Waals surface area contributed by atoms with Gasteiger partial charge in [0.1, 0.15) is 5.75 Å². The van der Waals surface area contributed by atoms with E-state index in [2.05, 4.69) is 0 Å². The third kappa shape index (κ3) is 4.73. The lowest BCUT2D eigenvalue weighted by Crippen LogP contribution is -2.50. The van der Waals surface area contributed by atoms with Crippen LogP contribution in [0.2, 0.25) is 0 Å². The second-order valence-electron chi connectivity index (χ2n) is 4.20. The maximum absolute atomic E-state index is 12.0. The Morgan fingerprint density at radius 3 is 1.90 bits per heavy atom. The number of halogens is 1. The first-order chi connectivity index (χ1) is 9.61. The minimum Gasteiger partial charge on any atom is -0.497 e. The molecule has 0 aliphatic heterocycles. The smallest absolute Gasteiger partial charge is 0.246 e. The number of alkyl halides is 1. The molecule has 0 saturated heterocycles. The average molecular weight is 357 g/mol. The molecule has 0 spiro atoms. The van der Waals surface area contributed by atoms with Gasteiger partial charge in [0.15, 0.2) is 0 Å². The molecule has 0 aromatic heterocycles. The van der Waals surface area contributed by atoms with Crippen molar-refractivity contribution in [2.45, 2.75) is 0 Å². The number of anilines is 1. The molecule has 21 heavy (non-hydrogen) atoms. The van der Waals surface area contributed by atoms with Crippen LogP contribution in [-0.4, -0.2) is 53.3 Å². The molecule has 1 aromatic rings. The van der Waals surface area contributed by atoms with Gasteiger partial charge in [-0.3, -0.25) is 0 Å². The minimum absolute atomic E-state index is 0.0464. The Balaban J connectivity index is 3.40. The van der Waals surface area contributed by atoms with Gasteiger partial charge in [0, 0.05) is 12.4 Å². The molecular formula is C11H17ClN2O5S2. The molecule has 0 atom stereocenters. The number of hydrogen-bond acceptors (Lipinski definition) is 5. The van der Waals surface area contributed by atoms with E-state index in [-0.39, 0.29) is 18.1 Å². The van der Waals surface area contributed by atoms with E-state index in [1.54, 1.807) is 0 Å². The van der Waals surface area contributed by atoms with Crippen LogP contribution >= 0.6 is 11.6 Å². The van der Waals surface area contributed by atoms with Gasteiger partial charge in [-0.2, -0.15) is 4.41 Å². The number of hydrazine groups is 1. The summed E-state index contributed by atoms with van der Waals surface area (Å²) in [7, 11) is -6.20. The largest absolute Gasteiger partial charge is 0.497 e. The summed E-state index contributed by atoms with van der Waals surface area (Å²) in [5.74, 6) is 0.477. The van der Waals surface area contributed by atoms with E-state index >= 15 is 0 Å². The molecule has 0 amide bonds. The Kier molecular flexibility index (Phi) is 5.85. The second kappa shape index (κ2) is 6.82. The fourth-order valence-electron chi connectivity index (χ4n) is 1.66. The van der Waals surface area contributed by atoms with Crippen LogP contribution in [0.1, 0.15) is 0 Å². The number of sulfonamides is 2. The van der Waals surface area contributed by atoms with Crippen LogP contribution in [0.5, 0.6) is 5.75 Å². The number of ether oxygens (including phenoxy) is 1. The van der Waals surface area contributed by atoms with Gasteiger partial charge in [-0.15, -0.1) is 11.6 Å². The van der Waals surface area contributed by atoms with Gasteiger partial charge in [0.25, 0.3) is 0 Å². The fourth-order valence-corrected chi connectivity index (χ4v) is 4.35. The summed E-state index contributed by atoms with van der Waals surface area (Å²) in [4.78, 5) is 0. The Morgan fingerprint density at radius 1 is 1.05 bits per heavy atom. The first-order valence-corrected chi connectivity index (χ1v) is 10.0. The summed E-state index contributed by atoms with van der Waals surface area (Å²) >= 11 is 5.58. The molecule has 0 heterocycles. The molecule has 0 N–H and O–H groups in total. The zero-order valence-electron chi connectivity index (χ0n) is 11.9. The molecule has 0 unspecified atom stereocenters. The molecule has 1 aromatic carbocycles. The van der Waals surface area contributed by atoms with Crippen molar-refractivity contribution in [3.05, 3.63) is 24.3 Å². The van der Waals surface area contributed by atoms with Crippen molar-refractivity contribution in [1.82, 2.24) is 4.41 Å². The van der Waals surface area contributed by atoms with E-state index in [1.807, 2.05) is 0 Å². The van der Waals surface area contributed by atoms with E-state index in [1.165, 1.54) is 31.4 Å². The molecule has 0 radical (unpaired) electrons. The van der Waals surface area contributed by atoms with Crippen molar-refractivity contribution in [2.24, 2.45) is 0 Å². The van der Waals surface area contributed by atoms with Crippen LogP contribution in [0.25, 0.3) is 0 Å². The van der Waals surface area contributed by atoms with Gasteiger partial charge in [-0.1, -0.05) is 4.41 Å². The monoisotopic (exact) mass is 356 g/mol. The van der Waals surface area contributed by atoms with Crippen LogP contribution in [0, 0.1) is 0 Å². The summed E-state index contributed by atoms with van der Waals surface area (Å²) in [5, 5.41) is 0. The summed E-state index contributed by atoms with van der Waals surface area (Å²) in [6.07, 6.45) is 1.84. The van der Waals surface area contributed by atoms with Gasteiger partial charge < -0.3 is 4.74 Å². The van der Waals surface area contributed by atoms with E-state index in [4.69, 9.17) is 16.3 Å². The maximum Gasteiger partial charge on any atom is 0.246 e. The van der Waals surface area contributed by atoms with Crippen molar-refractivity contribution >= 4 is 37.3 Å². The van der Waals surface area contributed by atoms with Crippen molar-refractivity contribution in [3.8, 4) is 5.75 Å². The summed E-state index contributed by atoms with van der Waals surface area (Å²) < 4.78 is 54.1. The Bertz CT molecular complexity index is 673. The zero-order valence-corrected chi connectivity index (χ0v) is 14.2. The molecular weight excluding hydrogens is 340 g/mol. The van der Waals surface area contributed by atoms with Crippen LogP contribution < -0.4 is 9.15 Å². The predicted molar refractivity (Wildman–Crippen MR) is 82.6 cm³/mol. The highest BCUT2D eigenvalue weighted by Gasteiger charge is 2.31. The SMILES string of the molecule is COc1ccc(N(N(CCCl)S(C)(=O)=O)S(C)(=O)=O)cc1. The maximum atomic E-state index is 12.0. The highest BCUT2D eigenvalue weighted by molar-refractivity contribution is 7.94. The van der Waals surface area contributed by atoms with Gasteiger partial charge in [-0.25, -0.2) is 16.8 Å². The predicted octanol–water partition coefficient (Wildman–Crippen LogP) is 0.877. The molecule has 1 rings (SSSR count). The van der Waals surface area contributed by atoms with E-state index < -0.39 is 20.0 Å². The lowest BCUT2D eigenvalue weighted by molar-refractivity contribution is 0.414. The summed E-state index contributed by atoms with van der Waals surface area (Å²) in [5.41, 5.74) is 0.175. The van der Waals surface area contributed by atoms with Crippen LogP contribution in [0.15, 0.2) is 24.3 Å². The highest BCUT2D eigenvalue weighted by atomic mass is 35.5.